The van der Waals surface area contributed by atoms with E-state index in [2.05, 4.69) is 10.3 Å². The summed E-state index contributed by atoms with van der Waals surface area (Å²) in [6.07, 6.45) is 2.34. The van der Waals surface area contributed by atoms with Crippen molar-refractivity contribution < 1.29 is 15.6 Å². The van der Waals surface area contributed by atoms with E-state index in [1.165, 1.54) is 18.9 Å². The molecule has 0 radical (unpaired) electrons. The van der Waals surface area contributed by atoms with Crippen LogP contribution in [0.3, 0.4) is 0 Å². The molecule has 2 heterocycles. The molecule has 1 aromatic heterocycles. The van der Waals surface area contributed by atoms with Gasteiger partial charge in [-0.1, -0.05) is 0 Å². The van der Waals surface area contributed by atoms with E-state index in [0.29, 0.717) is 28.2 Å². The summed E-state index contributed by atoms with van der Waals surface area (Å²) in [5.41, 5.74) is 8.50. The number of benzene rings is 2. The lowest BCUT2D eigenvalue weighted by molar-refractivity contribution is 0.0997. The molecule has 6 nitrogen and oxygen atoms in total. The number of primary amides is 1. The number of fused-ring (bicyclic) bond motifs is 2. The highest BCUT2D eigenvalue weighted by Gasteiger charge is 2.15. The van der Waals surface area contributed by atoms with Crippen LogP contribution in [0.15, 0.2) is 42.6 Å². The molecule has 1 aliphatic rings. The molecule has 0 atom stereocenters. The number of methoxy groups -OCH3 is 1. The van der Waals surface area contributed by atoms with E-state index in [-0.39, 0.29) is 11.6 Å². The summed E-state index contributed by atoms with van der Waals surface area (Å²) < 4.78 is 19.4. The molecule has 0 saturated heterocycles. The zero-order valence-corrected chi connectivity index (χ0v) is 13.6. The Kier molecular flexibility index (Phi) is 3.37. The van der Waals surface area contributed by atoms with Gasteiger partial charge < -0.3 is 20.5 Å². The van der Waals surface area contributed by atoms with Crippen LogP contribution < -0.4 is 20.5 Å². The van der Waals surface area contributed by atoms with Gasteiger partial charge in [0.15, 0.2) is 0 Å². The number of rotatable bonds is 4. The third-order valence-electron chi connectivity index (χ3n) is 4.23. The van der Waals surface area contributed by atoms with Crippen molar-refractivity contribution in [3.8, 4) is 17.2 Å². The normalized spacial score (nSPS) is 13.1. The lowest BCUT2D eigenvalue weighted by Crippen LogP contribution is -2.12. The number of ether oxygens (including phenoxy) is 2. The second-order valence-electron chi connectivity index (χ2n) is 5.76. The van der Waals surface area contributed by atoms with Crippen molar-refractivity contribution >= 4 is 22.5 Å². The number of carbonyl (C=O) groups excluding carboxylic acids is 1. The van der Waals surface area contributed by atoms with Crippen molar-refractivity contribution in [2.24, 2.45) is 5.73 Å². The molecule has 4 rings (SSSR count). The molecular formula is C19H17N3O3. The van der Waals surface area contributed by atoms with Crippen LogP contribution in [-0.2, 0) is 6.42 Å². The summed E-state index contributed by atoms with van der Waals surface area (Å²) in [5.74, 6) is 0.675. The molecule has 0 bridgehead atoms. The van der Waals surface area contributed by atoms with Gasteiger partial charge in [-0.05, 0) is 42.3 Å². The van der Waals surface area contributed by atoms with E-state index in [4.69, 9.17) is 16.6 Å². The highest BCUT2D eigenvalue weighted by Crippen LogP contribution is 2.34. The number of amides is 1. The fourth-order valence-corrected chi connectivity index (χ4v) is 3.00. The third-order valence-corrected chi connectivity index (χ3v) is 4.23. The largest absolute Gasteiger partial charge is 0.496 e. The number of hydrogen-bond donors (Lipinski definition) is 2. The molecule has 3 N–H and O–H groups in total. The Balaban J connectivity index is 1.84. The minimum atomic E-state index is -0.617. The fraction of sp³-hybridized carbons (Fsp3) is 0.158. The Morgan fingerprint density at radius 1 is 1.32 bits per heavy atom. The van der Waals surface area contributed by atoms with Crippen molar-refractivity contribution in [1.29, 1.82) is 0 Å². The molecule has 0 unspecified atom stereocenters. The standard InChI is InChI=1S/C19H17N3O3/c1-24-18-10-16-13(9-14(18)19(20)23)17(5-7-22-16)25-12-2-3-15-11(8-12)4-6-21-15/h2-3,5,7-10,21H,4,6H2,1H3,(H2,20,23)/i5D. The van der Waals surface area contributed by atoms with Crippen molar-refractivity contribution in [2.75, 3.05) is 19.0 Å². The molecule has 25 heavy (non-hydrogen) atoms. The molecule has 0 fully saturated rings. The van der Waals surface area contributed by atoms with Gasteiger partial charge in [0, 0.05) is 29.9 Å². The third kappa shape index (κ3) is 2.71. The maximum atomic E-state index is 11.7. The van der Waals surface area contributed by atoms with Gasteiger partial charge >= 0.3 is 0 Å². The van der Waals surface area contributed by atoms with Crippen LogP contribution in [0.4, 0.5) is 5.69 Å². The molecule has 1 amide bonds. The number of aromatic nitrogens is 1. The molecule has 126 valence electrons. The Hall–Kier alpha value is -3.28. The van der Waals surface area contributed by atoms with Gasteiger partial charge in [-0.2, -0.15) is 0 Å². The van der Waals surface area contributed by atoms with Crippen LogP contribution in [0.5, 0.6) is 17.2 Å². The van der Waals surface area contributed by atoms with E-state index in [1.54, 1.807) is 12.1 Å². The Morgan fingerprint density at radius 2 is 2.20 bits per heavy atom. The second kappa shape index (κ2) is 5.98. The van der Waals surface area contributed by atoms with Gasteiger partial charge in [-0.25, -0.2) is 0 Å². The van der Waals surface area contributed by atoms with Crippen molar-refractivity contribution in [1.82, 2.24) is 4.98 Å². The maximum Gasteiger partial charge on any atom is 0.252 e. The minimum absolute atomic E-state index is 0.122. The van der Waals surface area contributed by atoms with E-state index < -0.39 is 5.91 Å². The fourth-order valence-electron chi connectivity index (χ4n) is 3.00. The molecule has 0 saturated carbocycles. The first-order valence-electron chi connectivity index (χ1n) is 8.38. The molecule has 6 heteroatoms. The van der Waals surface area contributed by atoms with Crippen LogP contribution in [-0.4, -0.2) is 24.5 Å². The van der Waals surface area contributed by atoms with Gasteiger partial charge in [0.05, 0.1) is 19.6 Å². The highest BCUT2D eigenvalue weighted by atomic mass is 16.5. The summed E-state index contributed by atoms with van der Waals surface area (Å²) in [7, 11) is 1.46. The topological polar surface area (TPSA) is 86.5 Å². The number of nitrogens with two attached hydrogens (primary N) is 1. The monoisotopic (exact) mass is 336 g/mol. The van der Waals surface area contributed by atoms with Gasteiger partial charge in [-0.3, -0.25) is 9.78 Å². The number of nitrogens with zero attached hydrogens (tertiary/aromatic N) is 1. The van der Waals surface area contributed by atoms with Crippen molar-refractivity contribution in [3.05, 3.63) is 53.7 Å². The van der Waals surface area contributed by atoms with E-state index in [1.807, 2.05) is 18.2 Å². The molecular weight excluding hydrogens is 318 g/mol. The average molecular weight is 336 g/mol. The van der Waals surface area contributed by atoms with Crippen LogP contribution >= 0.6 is 0 Å². The van der Waals surface area contributed by atoms with Crippen LogP contribution in [0.1, 0.15) is 17.3 Å². The predicted molar refractivity (Wildman–Crippen MR) is 95.5 cm³/mol. The van der Waals surface area contributed by atoms with Gasteiger partial charge in [-0.15, -0.1) is 0 Å². The lowest BCUT2D eigenvalue weighted by atomic mass is 10.1. The van der Waals surface area contributed by atoms with Crippen LogP contribution in [0.25, 0.3) is 10.9 Å². The number of pyridine rings is 1. The molecule has 3 aromatic rings. The summed E-state index contributed by atoms with van der Waals surface area (Å²) in [6, 6.07) is 9.07. The molecule has 0 aliphatic carbocycles. The smallest absolute Gasteiger partial charge is 0.252 e. The first-order valence-corrected chi connectivity index (χ1v) is 7.88. The zero-order valence-electron chi connectivity index (χ0n) is 14.6. The zero-order chi connectivity index (χ0) is 18.3. The summed E-state index contributed by atoms with van der Waals surface area (Å²) in [6.45, 7) is 0.905. The van der Waals surface area contributed by atoms with Crippen molar-refractivity contribution in [2.45, 2.75) is 6.42 Å². The van der Waals surface area contributed by atoms with Gasteiger partial charge in [0.1, 0.15) is 17.2 Å². The first kappa shape index (κ1) is 14.1. The van der Waals surface area contributed by atoms with Gasteiger partial charge in [0.2, 0.25) is 0 Å². The summed E-state index contributed by atoms with van der Waals surface area (Å²) >= 11 is 0. The molecule has 1 aliphatic heterocycles. The SMILES string of the molecule is [2H]c1cnc2cc(OC)c(C(N)=O)cc2c1Oc1ccc2c(c1)CCN2. The quantitative estimate of drug-likeness (QED) is 0.764. The summed E-state index contributed by atoms with van der Waals surface area (Å²) in [5, 5.41) is 3.83. The van der Waals surface area contributed by atoms with Crippen LogP contribution in [0, 0.1) is 0 Å². The summed E-state index contributed by atoms with van der Waals surface area (Å²) in [4.78, 5) is 16.0. The Morgan fingerprint density at radius 3 is 3.00 bits per heavy atom. The van der Waals surface area contributed by atoms with Gasteiger partial charge in [0.25, 0.3) is 5.91 Å². The number of hydrogen-bond acceptors (Lipinski definition) is 5. The molecule has 0 spiro atoms. The van der Waals surface area contributed by atoms with Crippen molar-refractivity contribution in [3.63, 3.8) is 0 Å². The number of carbonyl (C=O) groups is 1. The Bertz CT molecular complexity index is 1040. The highest BCUT2D eigenvalue weighted by molar-refractivity contribution is 6.01. The lowest BCUT2D eigenvalue weighted by Gasteiger charge is -2.12. The number of nitrogens with one attached hydrogen (secondary N) is 1. The first-order chi connectivity index (χ1) is 12.6. The van der Waals surface area contributed by atoms with E-state index in [9.17, 15) is 4.79 Å². The Labute approximate surface area is 146 Å². The number of anilines is 1. The van der Waals surface area contributed by atoms with E-state index in [0.717, 1.165) is 18.7 Å². The van der Waals surface area contributed by atoms with Crippen LogP contribution in [0.2, 0.25) is 0 Å². The predicted octanol–water partition coefficient (Wildman–Crippen LogP) is 3.10. The van der Waals surface area contributed by atoms with E-state index >= 15 is 0 Å². The maximum absolute atomic E-state index is 11.7. The average Bonchev–Trinajstić information content (AvgIpc) is 3.10. The molecule has 2 aromatic carbocycles. The second-order valence-corrected chi connectivity index (χ2v) is 5.76. The minimum Gasteiger partial charge on any atom is -0.496 e.